The minimum atomic E-state index is -1.73. The molecule has 61 heavy (non-hydrogen) atoms. The van der Waals surface area contributed by atoms with Gasteiger partial charge in [-0.2, -0.15) is 0 Å². The van der Waals surface area contributed by atoms with E-state index < -0.39 is 109 Å². The van der Waals surface area contributed by atoms with E-state index in [2.05, 4.69) is 26.3 Å². The van der Waals surface area contributed by atoms with E-state index >= 15 is 0 Å². The highest BCUT2D eigenvalue weighted by molar-refractivity contribution is 5.98. The van der Waals surface area contributed by atoms with Crippen molar-refractivity contribution in [3.8, 4) is 0 Å². The lowest BCUT2D eigenvalue weighted by atomic mass is 10.0. The molecule has 20 heteroatoms. The highest BCUT2D eigenvalue weighted by atomic mass is 16.4. The second kappa shape index (κ2) is 22.3. The van der Waals surface area contributed by atoms with E-state index in [9.17, 15) is 53.7 Å². The van der Waals surface area contributed by atoms with Crippen LogP contribution in [0.25, 0.3) is 10.9 Å². The molecule has 0 spiro atoms. The summed E-state index contributed by atoms with van der Waals surface area (Å²) in [4.78, 5) is 112. The van der Waals surface area contributed by atoms with Gasteiger partial charge in [-0.25, -0.2) is 4.79 Å². The van der Waals surface area contributed by atoms with Crippen molar-refractivity contribution in [2.75, 3.05) is 19.6 Å². The summed E-state index contributed by atoms with van der Waals surface area (Å²) in [6.07, 6.45) is 2.32. The van der Waals surface area contributed by atoms with Gasteiger partial charge in [-0.05, 0) is 76.0 Å². The maximum absolute atomic E-state index is 13.9. The molecule has 2 aliphatic heterocycles. The van der Waals surface area contributed by atoms with Crippen LogP contribution in [0.2, 0.25) is 0 Å². The van der Waals surface area contributed by atoms with Crippen LogP contribution in [0.4, 0.5) is 0 Å². The predicted octanol–water partition coefficient (Wildman–Crippen LogP) is -0.926. The minimum absolute atomic E-state index is 0.116. The van der Waals surface area contributed by atoms with Crippen LogP contribution in [0.3, 0.4) is 0 Å². The van der Waals surface area contributed by atoms with E-state index in [-0.39, 0.29) is 25.3 Å². The molecule has 336 valence electrons. The lowest BCUT2D eigenvalue weighted by molar-refractivity contribution is -0.147. The van der Waals surface area contributed by atoms with Crippen molar-refractivity contribution in [2.24, 2.45) is 17.4 Å². The topological polar surface area (TPSA) is 320 Å². The number of benzene rings is 1. The van der Waals surface area contributed by atoms with Crippen LogP contribution in [0.5, 0.6) is 0 Å². The number of rotatable bonds is 22. The van der Waals surface area contributed by atoms with Crippen LogP contribution in [0.1, 0.15) is 84.1 Å². The lowest BCUT2D eigenvalue weighted by Gasteiger charge is -2.33. The lowest BCUT2D eigenvalue weighted by Crippen LogP contribution is -2.61. The highest BCUT2D eigenvalue weighted by Crippen LogP contribution is 2.26. The van der Waals surface area contributed by atoms with E-state index in [0.717, 1.165) is 10.9 Å². The molecule has 2 fully saturated rings. The number of nitrogens with one attached hydrogen (secondary N) is 5. The standard InChI is InChI=1S/C41H61N9O11/c1-22(2)33(41(60)61)47-36(55)29(20-24-21-44-27-12-5-4-10-25(24)27)46-38(57)34(23(3)51)48-35(54)28(15-16-32(52)53)45-37(56)30-13-8-18-49(30)40(59)31-14-9-19-50(31)39(58)26(43)11-6-7-17-42/h4-5,10,12,21-23,26,28-31,33-34,44,51H,6-9,11,13-20,42-43H2,1-3H3,(H,45,56)(H,46,57)(H,47,55)(H,48,54)(H,52,53)(H,60,61)/t23-,26+,28+,29+,30+,31+,33+,34+/m1/s1. The number of carbonyl (C=O) groups is 8. The molecule has 3 heterocycles. The molecule has 2 saturated heterocycles. The number of aliphatic hydroxyl groups is 1. The number of fused-ring (bicyclic) bond motifs is 1. The first-order valence-corrected chi connectivity index (χ1v) is 20.9. The van der Waals surface area contributed by atoms with E-state index in [4.69, 9.17) is 11.5 Å². The summed E-state index contributed by atoms with van der Waals surface area (Å²) in [5, 5.41) is 40.7. The smallest absolute Gasteiger partial charge is 0.326 e. The number of aliphatic hydroxyl groups excluding tert-OH is 1. The number of amides is 6. The molecule has 2 aliphatic rings. The number of carboxylic acid groups (broad SMARTS) is 2. The predicted molar refractivity (Wildman–Crippen MR) is 221 cm³/mol. The Morgan fingerprint density at radius 1 is 0.803 bits per heavy atom. The van der Waals surface area contributed by atoms with Crippen molar-refractivity contribution >= 4 is 58.3 Å². The molecule has 1 aromatic heterocycles. The maximum Gasteiger partial charge on any atom is 0.326 e. The molecular weight excluding hydrogens is 795 g/mol. The van der Waals surface area contributed by atoms with Crippen molar-refractivity contribution in [1.82, 2.24) is 36.1 Å². The third-order valence-corrected chi connectivity index (χ3v) is 11.3. The summed E-state index contributed by atoms with van der Waals surface area (Å²) in [7, 11) is 0. The molecule has 0 aliphatic carbocycles. The zero-order valence-electron chi connectivity index (χ0n) is 34.9. The number of aliphatic carboxylic acids is 2. The molecule has 20 nitrogen and oxygen atoms in total. The molecule has 8 atom stereocenters. The van der Waals surface area contributed by atoms with Gasteiger partial charge in [-0.3, -0.25) is 33.6 Å². The van der Waals surface area contributed by atoms with Gasteiger partial charge >= 0.3 is 11.9 Å². The Labute approximate surface area is 353 Å². The van der Waals surface area contributed by atoms with E-state index in [1.807, 2.05) is 6.07 Å². The first-order chi connectivity index (χ1) is 28.9. The number of nitrogens with two attached hydrogens (primary N) is 2. The van der Waals surface area contributed by atoms with Gasteiger partial charge in [0, 0.05) is 43.0 Å². The van der Waals surface area contributed by atoms with Crippen LogP contribution in [0.15, 0.2) is 30.5 Å². The third kappa shape index (κ3) is 12.7. The molecule has 0 bridgehead atoms. The Hall–Kier alpha value is -5.60. The monoisotopic (exact) mass is 855 g/mol. The molecule has 6 amide bonds. The number of H-pyrrole nitrogens is 1. The highest BCUT2D eigenvalue weighted by Gasteiger charge is 2.44. The van der Waals surface area contributed by atoms with Gasteiger partial charge in [-0.15, -0.1) is 0 Å². The first-order valence-electron chi connectivity index (χ1n) is 20.9. The number of carbonyl (C=O) groups excluding carboxylic acids is 6. The zero-order chi connectivity index (χ0) is 45.0. The van der Waals surface area contributed by atoms with Gasteiger partial charge in [0.15, 0.2) is 0 Å². The summed E-state index contributed by atoms with van der Waals surface area (Å²) in [6, 6.07) is -1.48. The normalized spacial score (nSPS) is 19.4. The van der Waals surface area contributed by atoms with Crippen LogP contribution in [0, 0.1) is 5.92 Å². The molecule has 12 N–H and O–H groups in total. The van der Waals surface area contributed by atoms with Crippen molar-refractivity contribution in [3.05, 3.63) is 36.0 Å². The van der Waals surface area contributed by atoms with Gasteiger partial charge in [0.2, 0.25) is 35.4 Å². The molecule has 0 unspecified atom stereocenters. The van der Waals surface area contributed by atoms with Gasteiger partial charge in [0.25, 0.3) is 0 Å². The fourth-order valence-electron chi connectivity index (χ4n) is 7.85. The second-order valence-corrected chi connectivity index (χ2v) is 16.2. The Morgan fingerprint density at radius 3 is 2.08 bits per heavy atom. The Balaban J connectivity index is 1.50. The molecule has 2 aromatic rings. The van der Waals surface area contributed by atoms with Crippen molar-refractivity contribution in [1.29, 1.82) is 0 Å². The van der Waals surface area contributed by atoms with E-state index in [0.29, 0.717) is 57.2 Å². The van der Waals surface area contributed by atoms with Crippen molar-refractivity contribution in [3.63, 3.8) is 0 Å². The number of unbranched alkanes of at least 4 members (excludes halogenated alkanes) is 1. The quantitative estimate of drug-likeness (QED) is 0.0642. The third-order valence-electron chi connectivity index (χ3n) is 11.3. The summed E-state index contributed by atoms with van der Waals surface area (Å²) in [6.45, 7) is 5.39. The summed E-state index contributed by atoms with van der Waals surface area (Å²) < 4.78 is 0. The van der Waals surface area contributed by atoms with Gasteiger partial charge in [0.05, 0.1) is 12.1 Å². The average Bonchev–Trinajstić information content (AvgIpc) is 4.00. The second-order valence-electron chi connectivity index (χ2n) is 16.2. The first kappa shape index (κ1) is 48.1. The van der Waals surface area contributed by atoms with Crippen LogP contribution >= 0.6 is 0 Å². The summed E-state index contributed by atoms with van der Waals surface area (Å²) >= 11 is 0. The van der Waals surface area contributed by atoms with Crippen LogP contribution in [-0.2, 0) is 44.8 Å². The molecule has 0 saturated carbocycles. The number of nitrogens with zero attached hydrogens (tertiary/aromatic N) is 2. The number of aromatic nitrogens is 1. The molecule has 4 rings (SSSR count). The van der Waals surface area contributed by atoms with E-state index in [1.165, 1.54) is 16.7 Å². The van der Waals surface area contributed by atoms with Gasteiger partial charge in [0.1, 0.15) is 36.3 Å². The zero-order valence-corrected chi connectivity index (χ0v) is 34.9. The number of para-hydroxylation sites is 1. The van der Waals surface area contributed by atoms with Crippen molar-refractivity contribution in [2.45, 2.75) is 133 Å². The Kier molecular flexibility index (Phi) is 17.6. The summed E-state index contributed by atoms with van der Waals surface area (Å²) in [5.41, 5.74) is 13.1. The number of aromatic amines is 1. The largest absolute Gasteiger partial charge is 0.481 e. The van der Waals surface area contributed by atoms with Crippen LogP contribution in [-0.4, -0.2) is 146 Å². The number of likely N-dealkylation sites (tertiary alicyclic amines) is 2. The maximum atomic E-state index is 13.9. The Bertz CT molecular complexity index is 1900. The summed E-state index contributed by atoms with van der Waals surface area (Å²) in [5.74, 6) is -7.54. The number of hydrogen-bond donors (Lipinski definition) is 10. The fourth-order valence-corrected chi connectivity index (χ4v) is 7.85. The van der Waals surface area contributed by atoms with Gasteiger partial charge in [-0.1, -0.05) is 38.5 Å². The van der Waals surface area contributed by atoms with E-state index in [1.54, 1.807) is 38.2 Å². The molecule has 1 aromatic carbocycles. The van der Waals surface area contributed by atoms with Crippen LogP contribution < -0.4 is 32.7 Å². The molecule has 0 radical (unpaired) electrons. The Morgan fingerprint density at radius 2 is 1.44 bits per heavy atom. The number of carboxylic acids is 2. The number of hydrogen-bond acceptors (Lipinski definition) is 11. The van der Waals surface area contributed by atoms with Crippen molar-refractivity contribution < 1.29 is 53.7 Å². The van der Waals surface area contributed by atoms with Gasteiger partial charge < -0.3 is 62.8 Å². The average molecular weight is 856 g/mol. The minimum Gasteiger partial charge on any atom is -0.481 e. The fraction of sp³-hybridized carbons (Fsp3) is 0.610. The SMILES string of the molecule is CC(C)[C@H](NC(=O)[C@H](Cc1c[nH]c2ccccc12)NC(=O)[C@@H](NC(=O)[C@H](CCC(=O)O)NC(=O)[C@@H]1CCCN1C(=O)[C@@H]1CCCN1C(=O)[C@@H](N)CCCCN)[C@@H](C)O)C(=O)O. The molecular formula is C41H61N9O11.